The minimum atomic E-state index is -0.582. The first-order valence-electron chi connectivity index (χ1n) is 9.42. The molecule has 1 aromatic carbocycles. The number of nitrogens with zero attached hydrogens (tertiary/aromatic N) is 1. The number of halogens is 1. The van der Waals surface area contributed by atoms with E-state index < -0.39 is 11.7 Å². The summed E-state index contributed by atoms with van der Waals surface area (Å²) in [6.45, 7) is 0.485. The molecule has 1 aliphatic rings. The first-order chi connectivity index (χ1) is 13.9. The Hall–Kier alpha value is -2.87. The number of nitrogens with one attached hydrogen (secondary N) is 1. The summed E-state index contributed by atoms with van der Waals surface area (Å²) in [5, 5.41) is 4.36. The topological polar surface area (TPSA) is 83.6 Å². The number of Topliss-reactive ketones (excluding diaryl/α,β-unsaturated/α-hetero) is 2. The van der Waals surface area contributed by atoms with Crippen molar-refractivity contribution in [1.82, 2.24) is 0 Å². The van der Waals surface area contributed by atoms with Crippen LogP contribution in [0.3, 0.4) is 0 Å². The van der Waals surface area contributed by atoms with Crippen molar-refractivity contribution in [3.05, 3.63) is 46.4 Å². The zero-order valence-corrected chi connectivity index (χ0v) is 16.6. The molecule has 2 aromatic rings. The Bertz CT molecular complexity index is 927. The maximum absolute atomic E-state index is 14.3. The highest BCUT2D eigenvalue weighted by Crippen LogP contribution is 2.27. The van der Waals surface area contributed by atoms with Crippen molar-refractivity contribution >= 4 is 46.1 Å². The van der Waals surface area contributed by atoms with Crippen molar-refractivity contribution < 1.29 is 23.6 Å². The van der Waals surface area contributed by atoms with Crippen LogP contribution in [0, 0.1) is 5.82 Å². The Balaban J connectivity index is 1.44. The quantitative estimate of drug-likeness (QED) is 0.627. The lowest BCUT2D eigenvalue weighted by Crippen LogP contribution is -2.24. The van der Waals surface area contributed by atoms with Crippen molar-refractivity contribution in [3.63, 3.8) is 0 Å². The molecule has 0 saturated carbocycles. The molecule has 1 N–H and O–H groups in total. The number of thiophene rings is 1. The normalized spacial score (nSPS) is 13.6. The van der Waals surface area contributed by atoms with E-state index in [-0.39, 0.29) is 54.5 Å². The lowest BCUT2D eigenvalue weighted by molar-refractivity contribution is -0.122. The minimum absolute atomic E-state index is 0.0202. The van der Waals surface area contributed by atoms with Gasteiger partial charge in [-0.1, -0.05) is 6.07 Å². The highest BCUT2D eigenvalue weighted by atomic mass is 32.1. The van der Waals surface area contributed by atoms with Gasteiger partial charge in [0.1, 0.15) is 11.6 Å². The van der Waals surface area contributed by atoms with Crippen LogP contribution in [0.1, 0.15) is 48.2 Å². The third kappa shape index (κ3) is 5.57. The van der Waals surface area contributed by atoms with Gasteiger partial charge in [-0.2, -0.15) is 0 Å². The number of carbonyl (C=O) groups is 4. The van der Waals surface area contributed by atoms with Gasteiger partial charge >= 0.3 is 0 Å². The van der Waals surface area contributed by atoms with Crippen LogP contribution in [0.15, 0.2) is 35.7 Å². The molecule has 8 heteroatoms. The summed E-state index contributed by atoms with van der Waals surface area (Å²) in [4.78, 5) is 49.6. The van der Waals surface area contributed by atoms with E-state index in [4.69, 9.17) is 0 Å². The third-order valence-corrected chi connectivity index (χ3v) is 5.56. The van der Waals surface area contributed by atoms with Crippen molar-refractivity contribution in [1.29, 1.82) is 0 Å². The molecule has 1 fully saturated rings. The number of anilines is 2. The molecular weight excluding hydrogens is 395 g/mol. The van der Waals surface area contributed by atoms with Gasteiger partial charge in [-0.25, -0.2) is 4.39 Å². The predicted octanol–water partition coefficient (Wildman–Crippen LogP) is 3.96. The molecule has 0 aliphatic carbocycles. The molecule has 2 heterocycles. The van der Waals surface area contributed by atoms with Gasteiger partial charge in [0.15, 0.2) is 5.78 Å². The van der Waals surface area contributed by atoms with Gasteiger partial charge < -0.3 is 10.2 Å². The fraction of sp³-hybridized carbons (Fsp3) is 0.333. The van der Waals surface area contributed by atoms with E-state index >= 15 is 0 Å². The van der Waals surface area contributed by atoms with Crippen molar-refractivity contribution in [2.24, 2.45) is 0 Å². The molecular formula is C21H21FN2O4S. The Morgan fingerprint density at radius 3 is 2.55 bits per heavy atom. The lowest BCUT2D eigenvalue weighted by Gasteiger charge is -2.17. The molecule has 0 spiro atoms. The number of amides is 2. The van der Waals surface area contributed by atoms with Crippen LogP contribution in [0.25, 0.3) is 0 Å². The molecule has 0 unspecified atom stereocenters. The number of rotatable bonds is 9. The number of hydrogen-bond acceptors (Lipinski definition) is 5. The zero-order chi connectivity index (χ0) is 20.8. The van der Waals surface area contributed by atoms with Crippen LogP contribution >= 0.6 is 11.3 Å². The van der Waals surface area contributed by atoms with Crippen molar-refractivity contribution in [3.8, 4) is 0 Å². The summed E-state index contributed by atoms with van der Waals surface area (Å²) in [6, 6.07) is 7.66. The standard InChI is InChI=1S/C21H21FN2O4S/c22-16-13-14(5-8-17(16)24-11-1-4-21(24)28)23-20(27)10-7-15(25)6-9-18(26)19-3-2-12-29-19/h2-3,5,8,12-13H,1,4,6-7,9-11H2,(H,23,27). The Morgan fingerprint density at radius 1 is 1.10 bits per heavy atom. The summed E-state index contributed by atoms with van der Waals surface area (Å²) in [6.07, 6.45) is 1.31. The monoisotopic (exact) mass is 416 g/mol. The SMILES string of the molecule is O=C(CCC(=O)Nc1ccc(N2CCCC2=O)c(F)c1)CCC(=O)c1cccs1. The molecule has 2 amide bonds. The van der Waals surface area contributed by atoms with Crippen LogP contribution in [-0.4, -0.2) is 29.9 Å². The van der Waals surface area contributed by atoms with Gasteiger partial charge in [0.25, 0.3) is 0 Å². The molecule has 1 aliphatic heterocycles. The highest BCUT2D eigenvalue weighted by Gasteiger charge is 2.24. The second kappa shape index (κ2) is 9.56. The largest absolute Gasteiger partial charge is 0.326 e. The summed E-state index contributed by atoms with van der Waals surface area (Å²) >= 11 is 1.34. The summed E-state index contributed by atoms with van der Waals surface area (Å²) in [5.41, 5.74) is 0.472. The van der Waals surface area contributed by atoms with Gasteiger partial charge in [-0.15, -0.1) is 11.3 Å². The molecule has 6 nitrogen and oxygen atoms in total. The minimum Gasteiger partial charge on any atom is -0.326 e. The smallest absolute Gasteiger partial charge is 0.227 e. The van der Waals surface area contributed by atoms with Crippen LogP contribution in [0.4, 0.5) is 15.8 Å². The number of ketones is 2. The van der Waals surface area contributed by atoms with E-state index in [1.165, 1.54) is 34.4 Å². The molecule has 29 heavy (non-hydrogen) atoms. The first kappa shape index (κ1) is 20.9. The Morgan fingerprint density at radius 2 is 1.90 bits per heavy atom. The first-order valence-corrected chi connectivity index (χ1v) is 10.3. The van der Waals surface area contributed by atoms with E-state index in [9.17, 15) is 23.6 Å². The lowest BCUT2D eigenvalue weighted by atomic mass is 10.1. The number of carbonyl (C=O) groups excluding carboxylic acids is 4. The van der Waals surface area contributed by atoms with E-state index in [2.05, 4.69) is 5.32 Å². The maximum atomic E-state index is 14.3. The van der Waals surface area contributed by atoms with Gasteiger partial charge in [-0.3, -0.25) is 19.2 Å². The summed E-state index contributed by atoms with van der Waals surface area (Å²) in [5.74, 6) is -1.35. The van der Waals surface area contributed by atoms with E-state index in [0.29, 0.717) is 24.3 Å². The van der Waals surface area contributed by atoms with E-state index in [0.717, 1.165) is 0 Å². The van der Waals surface area contributed by atoms with Crippen LogP contribution < -0.4 is 10.2 Å². The zero-order valence-electron chi connectivity index (χ0n) is 15.8. The van der Waals surface area contributed by atoms with Crippen molar-refractivity contribution in [2.75, 3.05) is 16.8 Å². The second-order valence-electron chi connectivity index (χ2n) is 6.80. The van der Waals surface area contributed by atoms with Crippen molar-refractivity contribution in [2.45, 2.75) is 38.5 Å². The van der Waals surface area contributed by atoms with E-state index in [1.807, 2.05) is 0 Å². The average molecular weight is 416 g/mol. The molecule has 0 bridgehead atoms. The van der Waals surface area contributed by atoms with E-state index in [1.54, 1.807) is 17.5 Å². The number of benzene rings is 1. The van der Waals surface area contributed by atoms with Crippen LogP contribution in [0.2, 0.25) is 0 Å². The molecule has 0 radical (unpaired) electrons. The predicted molar refractivity (Wildman–Crippen MR) is 109 cm³/mol. The van der Waals surface area contributed by atoms with Gasteiger partial charge in [0.2, 0.25) is 11.8 Å². The molecule has 1 saturated heterocycles. The molecule has 0 atom stereocenters. The van der Waals surface area contributed by atoms with Gasteiger partial charge in [0, 0.05) is 44.3 Å². The molecule has 1 aromatic heterocycles. The average Bonchev–Trinajstić information content (AvgIpc) is 3.37. The summed E-state index contributed by atoms with van der Waals surface area (Å²) < 4.78 is 14.3. The fourth-order valence-corrected chi connectivity index (χ4v) is 3.82. The van der Waals surface area contributed by atoms with Crippen LogP contribution in [0.5, 0.6) is 0 Å². The Labute approximate surface area is 171 Å². The molecule has 3 rings (SSSR count). The second-order valence-corrected chi connectivity index (χ2v) is 7.75. The Kier molecular flexibility index (Phi) is 6.87. The fourth-order valence-electron chi connectivity index (χ4n) is 3.12. The molecule has 152 valence electrons. The third-order valence-electron chi connectivity index (χ3n) is 4.65. The number of hydrogen-bond donors (Lipinski definition) is 1. The highest BCUT2D eigenvalue weighted by molar-refractivity contribution is 7.12. The van der Waals surface area contributed by atoms with Gasteiger partial charge in [-0.05, 0) is 36.1 Å². The van der Waals surface area contributed by atoms with Gasteiger partial charge in [0.05, 0.1) is 10.6 Å². The maximum Gasteiger partial charge on any atom is 0.227 e. The van der Waals surface area contributed by atoms with Crippen LogP contribution in [-0.2, 0) is 14.4 Å². The summed E-state index contributed by atoms with van der Waals surface area (Å²) in [7, 11) is 0.